The van der Waals surface area contributed by atoms with E-state index in [9.17, 15) is 0 Å². The lowest BCUT2D eigenvalue weighted by Crippen LogP contribution is -2.63. The number of nitrogens with one attached hydrogen (secondary N) is 1. The smallest absolute Gasteiger partial charge is 0.182 e. The summed E-state index contributed by atoms with van der Waals surface area (Å²) in [4.78, 5) is 2.48. The van der Waals surface area contributed by atoms with E-state index in [-0.39, 0.29) is 11.8 Å². The maximum Gasteiger partial charge on any atom is 0.182 e. The molecule has 0 saturated carbocycles. The zero-order valence-electron chi connectivity index (χ0n) is 14.7. The Hall–Kier alpha value is -1.76. The van der Waals surface area contributed by atoms with Crippen molar-refractivity contribution in [3.63, 3.8) is 0 Å². The van der Waals surface area contributed by atoms with Crippen LogP contribution in [0, 0.1) is 0 Å². The van der Waals surface area contributed by atoms with Crippen LogP contribution in [0.25, 0.3) is 5.70 Å². The number of nitrogens with zero attached hydrogens (tertiary/aromatic N) is 2. The van der Waals surface area contributed by atoms with Gasteiger partial charge in [0.15, 0.2) is 11.5 Å². The molecule has 1 fully saturated rings. The van der Waals surface area contributed by atoms with E-state index in [0.29, 0.717) is 0 Å². The summed E-state index contributed by atoms with van der Waals surface area (Å²) < 4.78 is 13.3. The van der Waals surface area contributed by atoms with Crippen LogP contribution < -0.4 is 10.2 Å². The summed E-state index contributed by atoms with van der Waals surface area (Å²) in [7, 11) is 0. The maximum atomic E-state index is 6.64. The Morgan fingerprint density at radius 2 is 2.12 bits per heavy atom. The number of halogens is 1. The molecular formula is C20H22BrN3O2. The van der Waals surface area contributed by atoms with Crippen molar-refractivity contribution in [1.29, 1.82) is 0 Å². The monoisotopic (exact) mass is 415 g/mol. The van der Waals surface area contributed by atoms with Crippen LogP contribution in [0.5, 0.6) is 5.75 Å². The molecule has 0 bridgehead atoms. The van der Waals surface area contributed by atoms with E-state index < -0.39 is 0 Å². The van der Waals surface area contributed by atoms with Crippen molar-refractivity contribution in [2.75, 3.05) is 19.6 Å². The predicted octanol–water partition coefficient (Wildman–Crippen LogP) is 4.15. The van der Waals surface area contributed by atoms with Crippen molar-refractivity contribution in [2.24, 2.45) is 0 Å². The van der Waals surface area contributed by atoms with Gasteiger partial charge in [0.05, 0.1) is 18.0 Å². The fraction of sp³-hybridized carbons (Fsp3) is 0.400. The average molecular weight is 416 g/mol. The fourth-order valence-corrected chi connectivity index (χ4v) is 4.66. The summed E-state index contributed by atoms with van der Waals surface area (Å²) in [6.45, 7) is 5.40. The van der Waals surface area contributed by atoms with Crippen molar-refractivity contribution < 1.29 is 9.15 Å². The number of fused-ring (bicyclic) bond motifs is 4. The number of hydrazine groups is 1. The largest absolute Gasteiger partial charge is 0.470 e. The Morgan fingerprint density at radius 1 is 1.27 bits per heavy atom. The molecule has 0 aliphatic carbocycles. The Bertz CT molecular complexity index is 841. The molecule has 1 aromatic heterocycles. The van der Waals surface area contributed by atoms with Gasteiger partial charge in [0.2, 0.25) is 0 Å². The molecule has 0 amide bonds. The van der Waals surface area contributed by atoms with Gasteiger partial charge in [-0.25, -0.2) is 0 Å². The molecule has 5 rings (SSSR count). The third kappa shape index (κ3) is 2.51. The Balaban J connectivity index is 1.56. The molecule has 1 spiro atoms. The van der Waals surface area contributed by atoms with E-state index in [4.69, 9.17) is 9.15 Å². The van der Waals surface area contributed by atoms with Crippen LogP contribution in [0.4, 0.5) is 0 Å². The normalized spacial score (nSPS) is 24.5. The predicted molar refractivity (Wildman–Crippen MR) is 103 cm³/mol. The number of likely N-dealkylation sites (tertiary alicyclic amines) is 1. The molecule has 1 atom stereocenters. The van der Waals surface area contributed by atoms with Crippen molar-refractivity contribution >= 4 is 21.6 Å². The van der Waals surface area contributed by atoms with Crippen LogP contribution in [0.1, 0.15) is 37.1 Å². The molecule has 0 radical (unpaired) electrons. The van der Waals surface area contributed by atoms with Crippen molar-refractivity contribution in [1.82, 2.24) is 15.3 Å². The standard InChI is InChI=1S/C20H22BrN3O2/c1-2-23-9-7-20(8-10-23)24-17(13-16(22-24)19-4-3-11-25-19)15-12-14(21)5-6-18(15)26-20/h3-6,11-13,17,22H,2,7-10H2,1H3/t17-/m0/s1. The number of ether oxygens (including phenoxy) is 1. The Labute approximate surface area is 161 Å². The highest BCUT2D eigenvalue weighted by atomic mass is 79.9. The minimum absolute atomic E-state index is 0.129. The van der Waals surface area contributed by atoms with Crippen LogP contribution in [0.3, 0.4) is 0 Å². The molecule has 136 valence electrons. The second-order valence-electron chi connectivity index (χ2n) is 7.15. The molecule has 3 aliphatic rings. The van der Waals surface area contributed by atoms with Crippen LogP contribution in [-0.2, 0) is 0 Å². The van der Waals surface area contributed by atoms with Gasteiger partial charge in [-0.2, -0.15) is 5.01 Å². The van der Waals surface area contributed by atoms with Crippen LogP contribution in [0.2, 0.25) is 0 Å². The summed E-state index contributed by atoms with van der Waals surface area (Å²) in [5.74, 6) is 1.84. The van der Waals surface area contributed by atoms with Crippen LogP contribution >= 0.6 is 15.9 Å². The first kappa shape index (κ1) is 16.4. The molecule has 0 unspecified atom stereocenters. The molecule has 1 saturated heterocycles. The number of rotatable bonds is 2. The first-order valence-corrected chi connectivity index (χ1v) is 10.0. The van der Waals surface area contributed by atoms with Crippen molar-refractivity contribution in [3.8, 4) is 5.75 Å². The third-order valence-corrected chi connectivity index (χ3v) is 6.24. The first-order chi connectivity index (χ1) is 12.7. The Kier molecular flexibility index (Phi) is 3.88. The van der Waals surface area contributed by atoms with Gasteiger partial charge in [-0.1, -0.05) is 22.9 Å². The van der Waals surface area contributed by atoms with E-state index in [1.54, 1.807) is 6.26 Å². The molecule has 6 heteroatoms. The zero-order valence-corrected chi connectivity index (χ0v) is 16.3. The topological polar surface area (TPSA) is 40.9 Å². The summed E-state index contributed by atoms with van der Waals surface area (Å²) in [6, 6.07) is 10.3. The number of benzene rings is 1. The van der Waals surface area contributed by atoms with Crippen LogP contribution in [-0.4, -0.2) is 35.3 Å². The van der Waals surface area contributed by atoms with E-state index in [1.807, 2.05) is 12.1 Å². The lowest BCUT2D eigenvalue weighted by molar-refractivity contribution is -0.159. The van der Waals surface area contributed by atoms with Gasteiger partial charge >= 0.3 is 0 Å². The van der Waals surface area contributed by atoms with E-state index in [0.717, 1.165) is 54.2 Å². The summed E-state index contributed by atoms with van der Waals surface area (Å²) >= 11 is 3.61. The quantitative estimate of drug-likeness (QED) is 0.797. The van der Waals surface area contributed by atoms with Crippen molar-refractivity contribution in [2.45, 2.75) is 31.5 Å². The van der Waals surface area contributed by atoms with Gasteiger partial charge in [0.25, 0.3) is 0 Å². The molecule has 5 nitrogen and oxygen atoms in total. The van der Waals surface area contributed by atoms with Gasteiger partial charge in [-0.3, -0.25) is 0 Å². The second-order valence-corrected chi connectivity index (χ2v) is 8.06. The Morgan fingerprint density at radius 3 is 2.85 bits per heavy atom. The van der Waals surface area contributed by atoms with Crippen LogP contribution in [0.15, 0.2) is 51.6 Å². The van der Waals surface area contributed by atoms with Gasteiger partial charge in [0, 0.05) is 36.0 Å². The van der Waals surface area contributed by atoms with E-state index in [1.165, 1.54) is 5.56 Å². The SMILES string of the molecule is CCN1CCC2(CC1)Oc1ccc(Br)cc1[C@@H]1C=C(c3ccco3)NN12. The number of furan rings is 1. The highest BCUT2D eigenvalue weighted by Gasteiger charge is 2.51. The fourth-order valence-electron chi connectivity index (χ4n) is 4.28. The molecule has 1 N–H and O–H groups in total. The minimum atomic E-state index is -0.331. The summed E-state index contributed by atoms with van der Waals surface area (Å²) in [5, 5.41) is 2.30. The summed E-state index contributed by atoms with van der Waals surface area (Å²) in [6.07, 6.45) is 5.91. The number of hydrogen-bond donors (Lipinski definition) is 1. The molecule has 1 aromatic carbocycles. The molecule has 4 heterocycles. The minimum Gasteiger partial charge on any atom is -0.470 e. The van der Waals surface area contributed by atoms with Gasteiger partial charge in [-0.15, -0.1) is 0 Å². The van der Waals surface area contributed by atoms with E-state index >= 15 is 0 Å². The first-order valence-electron chi connectivity index (χ1n) is 9.21. The highest BCUT2D eigenvalue weighted by Crippen LogP contribution is 2.49. The average Bonchev–Trinajstić information content (AvgIpc) is 3.33. The van der Waals surface area contributed by atoms with E-state index in [2.05, 4.69) is 62.5 Å². The maximum absolute atomic E-state index is 6.64. The zero-order chi connectivity index (χ0) is 17.7. The lowest BCUT2D eigenvalue weighted by atomic mass is 9.93. The third-order valence-electron chi connectivity index (χ3n) is 5.74. The van der Waals surface area contributed by atoms with Crippen molar-refractivity contribution in [3.05, 3.63) is 58.5 Å². The lowest BCUT2D eigenvalue weighted by Gasteiger charge is -2.51. The van der Waals surface area contributed by atoms with Gasteiger partial charge < -0.3 is 19.5 Å². The summed E-state index contributed by atoms with van der Waals surface area (Å²) in [5.41, 5.74) is 5.45. The van der Waals surface area contributed by atoms with Gasteiger partial charge in [0.1, 0.15) is 5.75 Å². The second kappa shape index (κ2) is 6.15. The highest BCUT2D eigenvalue weighted by molar-refractivity contribution is 9.10. The number of piperidine rings is 1. The number of hydrogen-bond acceptors (Lipinski definition) is 5. The molecular weight excluding hydrogens is 394 g/mol. The molecule has 2 aromatic rings. The molecule has 26 heavy (non-hydrogen) atoms. The molecule has 3 aliphatic heterocycles. The van der Waals surface area contributed by atoms with Gasteiger partial charge in [-0.05, 0) is 43.0 Å².